The van der Waals surface area contributed by atoms with Gasteiger partial charge in [-0.1, -0.05) is 23.7 Å². The second-order valence-corrected chi connectivity index (χ2v) is 10.3. The van der Waals surface area contributed by atoms with Crippen molar-refractivity contribution < 1.29 is 0 Å². The highest BCUT2D eigenvalue weighted by molar-refractivity contribution is 7.50. The molecule has 0 N–H and O–H groups in total. The molecule has 1 aromatic rings. The Hall–Kier alpha value is 0.307. The van der Waals surface area contributed by atoms with Crippen LogP contribution in [0.2, 0.25) is 11.6 Å². The van der Waals surface area contributed by atoms with Crippen LogP contribution < -0.4 is 5.19 Å². The van der Waals surface area contributed by atoms with E-state index in [1.165, 1.54) is 0 Å². The second kappa shape index (κ2) is 3.36. The second-order valence-electron chi connectivity index (χ2n) is 2.40. The maximum absolute atomic E-state index is 5.97. The van der Waals surface area contributed by atoms with Gasteiger partial charge in [0.2, 0.25) is 0 Å². The van der Waals surface area contributed by atoms with Gasteiger partial charge in [-0.05, 0) is 23.9 Å². The molecule has 0 unspecified atom stereocenters. The Morgan fingerprint density at radius 2 is 1.55 bits per heavy atom. The van der Waals surface area contributed by atoms with E-state index in [1.54, 1.807) is 12.1 Å². The zero-order valence-electron chi connectivity index (χ0n) is 5.94. The highest BCUT2D eigenvalue weighted by Crippen LogP contribution is 2.15. The van der Waals surface area contributed by atoms with E-state index in [0.29, 0.717) is 5.02 Å². The van der Waals surface area contributed by atoms with Crippen LogP contribution in [0.4, 0.5) is 0 Å². The average Bonchev–Trinajstić information content (AvgIpc) is 1.86. The highest BCUT2D eigenvalue weighted by atomic mass is 35.7. The summed E-state index contributed by atoms with van der Waals surface area (Å²) in [6.45, 7) is -0.310. The van der Waals surface area contributed by atoms with E-state index >= 15 is 0 Å². The minimum Gasteiger partial charge on any atom is -0.140 e. The number of halogens is 3. The van der Waals surface area contributed by atoms with Crippen molar-refractivity contribution >= 4 is 45.6 Å². The summed E-state index contributed by atoms with van der Waals surface area (Å²) >= 11 is 17.6. The van der Waals surface area contributed by atoms with Crippen LogP contribution in [0.15, 0.2) is 24.3 Å². The van der Waals surface area contributed by atoms with Gasteiger partial charge in [0.25, 0.3) is 6.69 Å². The fourth-order valence-electron chi connectivity index (χ4n) is 0.743. The molecule has 0 aliphatic heterocycles. The summed E-state index contributed by atoms with van der Waals surface area (Å²) in [5.74, 6) is 0. The first-order valence-corrected chi connectivity index (χ1v) is 8.04. The molecule has 0 atom stereocenters. The molecule has 0 nitrogen and oxygen atoms in total. The lowest BCUT2D eigenvalue weighted by molar-refractivity contribution is 1.75. The Bertz CT molecular complexity index is 237. The van der Waals surface area contributed by atoms with E-state index in [0.717, 1.165) is 5.19 Å². The van der Waals surface area contributed by atoms with Crippen LogP contribution in [0.1, 0.15) is 0 Å². The lowest BCUT2D eigenvalue weighted by Crippen LogP contribution is -2.32. The van der Waals surface area contributed by atoms with Crippen molar-refractivity contribution in [2.45, 2.75) is 6.55 Å². The standard InChI is InChI=1S/C7H7Cl3Si/c1-11(9,10)7-4-2-6(8)3-5-7/h2-5H,1H3. The fourth-order valence-corrected chi connectivity index (χ4v) is 2.38. The number of hydrogen-bond acceptors (Lipinski definition) is 0. The molecule has 0 heterocycles. The highest BCUT2D eigenvalue weighted by Gasteiger charge is 2.23. The molecular weight excluding hydrogens is 219 g/mol. The Balaban J connectivity index is 2.99. The van der Waals surface area contributed by atoms with Gasteiger partial charge in [-0.25, -0.2) is 0 Å². The molecule has 0 spiro atoms. The Labute approximate surface area is 81.5 Å². The van der Waals surface area contributed by atoms with E-state index in [1.807, 2.05) is 18.7 Å². The zero-order chi connectivity index (χ0) is 8.48. The van der Waals surface area contributed by atoms with E-state index in [4.69, 9.17) is 33.8 Å². The topological polar surface area (TPSA) is 0 Å². The Morgan fingerprint density at radius 1 is 1.09 bits per heavy atom. The van der Waals surface area contributed by atoms with Crippen LogP contribution in [0.3, 0.4) is 0 Å². The fraction of sp³-hybridized carbons (Fsp3) is 0.143. The first kappa shape index (κ1) is 9.40. The van der Waals surface area contributed by atoms with Gasteiger partial charge in [-0.3, -0.25) is 0 Å². The molecule has 0 aromatic heterocycles. The van der Waals surface area contributed by atoms with Gasteiger partial charge in [0.05, 0.1) is 0 Å². The zero-order valence-corrected chi connectivity index (χ0v) is 9.21. The molecule has 0 fully saturated rings. The molecule has 1 aromatic carbocycles. The molecule has 11 heavy (non-hydrogen) atoms. The number of hydrogen-bond donors (Lipinski definition) is 0. The van der Waals surface area contributed by atoms with Crippen molar-refractivity contribution in [1.29, 1.82) is 0 Å². The SMILES string of the molecule is C[Si](Cl)(Cl)c1ccc(Cl)cc1. The van der Waals surface area contributed by atoms with Crippen molar-refractivity contribution in [1.82, 2.24) is 0 Å². The first-order chi connectivity index (χ1) is 5.00. The summed E-state index contributed by atoms with van der Waals surface area (Å²) in [7, 11) is 0. The van der Waals surface area contributed by atoms with Crippen LogP contribution in [-0.4, -0.2) is 6.69 Å². The number of rotatable bonds is 1. The van der Waals surface area contributed by atoms with Gasteiger partial charge in [0, 0.05) is 5.02 Å². The summed E-state index contributed by atoms with van der Waals surface area (Å²) in [6, 6.07) is 7.34. The van der Waals surface area contributed by atoms with E-state index in [9.17, 15) is 0 Å². The van der Waals surface area contributed by atoms with Crippen LogP contribution in [0.25, 0.3) is 0 Å². The summed E-state index contributed by atoms with van der Waals surface area (Å²) in [6.07, 6.45) is 0. The third-order valence-corrected chi connectivity index (χ3v) is 4.26. The molecular formula is C7H7Cl3Si. The molecule has 4 heteroatoms. The summed E-state index contributed by atoms with van der Waals surface area (Å²) in [4.78, 5) is 0. The molecule has 0 aliphatic rings. The minimum absolute atomic E-state index is 0.709. The largest absolute Gasteiger partial charge is 0.277 e. The van der Waals surface area contributed by atoms with Crippen molar-refractivity contribution in [2.24, 2.45) is 0 Å². The van der Waals surface area contributed by atoms with Gasteiger partial charge in [0.1, 0.15) is 0 Å². The molecule has 60 valence electrons. The van der Waals surface area contributed by atoms with Crippen molar-refractivity contribution in [3.63, 3.8) is 0 Å². The molecule has 1 rings (SSSR count). The number of benzene rings is 1. The molecule has 0 saturated carbocycles. The molecule has 0 aliphatic carbocycles. The van der Waals surface area contributed by atoms with Gasteiger partial charge in [0.15, 0.2) is 0 Å². The normalized spacial score (nSPS) is 11.6. The third kappa shape index (κ3) is 2.67. The van der Waals surface area contributed by atoms with Crippen molar-refractivity contribution in [3.05, 3.63) is 29.3 Å². The van der Waals surface area contributed by atoms with Crippen molar-refractivity contribution in [2.75, 3.05) is 0 Å². The summed E-state index contributed by atoms with van der Waals surface area (Å²) in [5, 5.41) is 1.70. The molecule has 0 amide bonds. The maximum Gasteiger partial charge on any atom is 0.277 e. The third-order valence-electron chi connectivity index (χ3n) is 1.35. The van der Waals surface area contributed by atoms with Gasteiger partial charge < -0.3 is 0 Å². The van der Waals surface area contributed by atoms with Gasteiger partial charge in [-0.15, -0.1) is 22.2 Å². The van der Waals surface area contributed by atoms with Crippen LogP contribution in [-0.2, 0) is 0 Å². The smallest absolute Gasteiger partial charge is 0.140 e. The average molecular weight is 226 g/mol. The lowest BCUT2D eigenvalue weighted by atomic mass is 10.4. The van der Waals surface area contributed by atoms with Crippen molar-refractivity contribution in [3.8, 4) is 0 Å². The van der Waals surface area contributed by atoms with Crippen LogP contribution in [0.5, 0.6) is 0 Å². The molecule has 0 radical (unpaired) electrons. The van der Waals surface area contributed by atoms with Crippen LogP contribution >= 0.6 is 33.8 Å². The summed E-state index contributed by atoms with van der Waals surface area (Å²) in [5.41, 5.74) is 0. The van der Waals surface area contributed by atoms with Gasteiger partial charge >= 0.3 is 0 Å². The minimum atomic E-state index is -2.17. The lowest BCUT2D eigenvalue weighted by Gasteiger charge is -2.09. The predicted molar refractivity (Wildman–Crippen MR) is 54.4 cm³/mol. The van der Waals surface area contributed by atoms with E-state index in [2.05, 4.69) is 0 Å². The predicted octanol–water partition coefficient (Wildman–Crippen LogP) is 3.10. The van der Waals surface area contributed by atoms with E-state index in [-0.39, 0.29) is 0 Å². The summed E-state index contributed by atoms with van der Waals surface area (Å²) < 4.78 is 0. The molecule has 0 saturated heterocycles. The maximum atomic E-state index is 5.97. The Morgan fingerprint density at radius 3 is 1.91 bits per heavy atom. The van der Waals surface area contributed by atoms with Crippen LogP contribution in [0, 0.1) is 0 Å². The van der Waals surface area contributed by atoms with Gasteiger partial charge in [-0.2, -0.15) is 0 Å². The quantitative estimate of drug-likeness (QED) is 0.509. The monoisotopic (exact) mass is 224 g/mol. The molecule has 0 bridgehead atoms. The first-order valence-electron chi connectivity index (χ1n) is 3.14. The Kier molecular flexibility index (Phi) is 2.87. The van der Waals surface area contributed by atoms with E-state index < -0.39 is 6.69 Å².